The number of halogens is 1. The van der Waals surface area contributed by atoms with Crippen LogP contribution in [0, 0.1) is 0 Å². The smallest absolute Gasteiger partial charge is 0.409 e. The van der Waals surface area contributed by atoms with Crippen molar-refractivity contribution in [3.8, 4) is 0 Å². The second-order valence-corrected chi connectivity index (χ2v) is 7.23. The average molecular weight is 519 g/mol. The van der Waals surface area contributed by atoms with Gasteiger partial charge in [0.05, 0.1) is 18.9 Å². The molecule has 2 saturated heterocycles. The zero-order valence-electron chi connectivity index (χ0n) is 17.5. The number of guanidine groups is 1. The van der Waals surface area contributed by atoms with Crippen LogP contribution in [0.2, 0.25) is 0 Å². The van der Waals surface area contributed by atoms with Crippen LogP contribution in [0.5, 0.6) is 0 Å². The number of hydrogen-bond donors (Lipinski definition) is 1. The predicted octanol–water partition coefficient (Wildman–Crippen LogP) is 2.77. The zero-order chi connectivity index (χ0) is 19.8. The van der Waals surface area contributed by atoms with Crippen LogP contribution < -0.4 is 5.32 Å². The summed E-state index contributed by atoms with van der Waals surface area (Å²) in [5.41, 5.74) is 0. The fourth-order valence-corrected chi connectivity index (χ4v) is 3.96. The van der Waals surface area contributed by atoms with Crippen LogP contribution in [0.1, 0.15) is 38.0 Å². The maximum atomic E-state index is 11.9. The minimum absolute atomic E-state index is 0. The lowest BCUT2D eigenvalue weighted by Crippen LogP contribution is -2.54. The largest absolute Gasteiger partial charge is 0.468 e. The Morgan fingerprint density at radius 2 is 1.86 bits per heavy atom. The Kier molecular flexibility index (Phi) is 10.1. The number of nitrogens with one attached hydrogen (secondary N) is 1. The molecule has 3 heterocycles. The summed E-state index contributed by atoms with van der Waals surface area (Å²) in [4.78, 5) is 22.8. The van der Waals surface area contributed by atoms with Gasteiger partial charge in [-0.2, -0.15) is 0 Å². The number of piperazine rings is 1. The molecule has 0 saturated carbocycles. The number of aliphatic imine (C=N–C) groups is 1. The van der Waals surface area contributed by atoms with Gasteiger partial charge in [0.2, 0.25) is 0 Å². The van der Waals surface area contributed by atoms with E-state index in [1.807, 2.05) is 20.0 Å². The van der Waals surface area contributed by atoms with Crippen molar-refractivity contribution in [1.82, 2.24) is 20.0 Å². The molecule has 8 nitrogen and oxygen atoms in total. The fourth-order valence-electron chi connectivity index (χ4n) is 3.96. The fraction of sp³-hybridized carbons (Fsp3) is 0.700. The van der Waals surface area contributed by atoms with Crippen LogP contribution in [0.25, 0.3) is 0 Å². The number of nitrogens with zero attached hydrogens (tertiary/aromatic N) is 4. The summed E-state index contributed by atoms with van der Waals surface area (Å²) in [7, 11) is 1.81. The Balaban J connectivity index is 0.00000300. The van der Waals surface area contributed by atoms with Crippen LogP contribution in [0.3, 0.4) is 0 Å². The Bertz CT molecular complexity index is 626. The summed E-state index contributed by atoms with van der Waals surface area (Å²) in [6.45, 7) is 7.97. The molecule has 1 aromatic rings. The van der Waals surface area contributed by atoms with E-state index in [9.17, 15) is 4.79 Å². The molecule has 2 aliphatic heterocycles. The standard InChI is InChI=1S/C20H33N5O3.HI/c1-3-27-20(26)25-13-11-24(12-14-25)19(21-2)22-16-17(18-8-7-15-28-18)23-9-5-4-6-10-23;/h7-8,15,17H,3-6,9-14,16H2,1-2H3,(H,21,22);1H. The third-order valence-corrected chi connectivity index (χ3v) is 5.47. The molecule has 0 radical (unpaired) electrons. The number of likely N-dealkylation sites (tertiary alicyclic amines) is 1. The van der Waals surface area contributed by atoms with E-state index < -0.39 is 0 Å². The molecule has 164 valence electrons. The van der Waals surface area contributed by atoms with E-state index in [1.165, 1.54) is 19.3 Å². The molecule has 9 heteroatoms. The lowest BCUT2D eigenvalue weighted by molar-refractivity contribution is 0.0911. The van der Waals surface area contributed by atoms with Crippen molar-refractivity contribution >= 4 is 36.0 Å². The molecule has 1 amide bonds. The van der Waals surface area contributed by atoms with E-state index in [0.29, 0.717) is 19.7 Å². The van der Waals surface area contributed by atoms with Gasteiger partial charge in [-0.1, -0.05) is 6.42 Å². The van der Waals surface area contributed by atoms with Gasteiger partial charge in [-0.15, -0.1) is 24.0 Å². The lowest BCUT2D eigenvalue weighted by Gasteiger charge is -2.37. The van der Waals surface area contributed by atoms with Crippen LogP contribution in [-0.2, 0) is 4.74 Å². The summed E-state index contributed by atoms with van der Waals surface area (Å²) in [5.74, 6) is 1.87. The summed E-state index contributed by atoms with van der Waals surface area (Å²) >= 11 is 0. The van der Waals surface area contributed by atoms with Crippen molar-refractivity contribution in [2.24, 2.45) is 4.99 Å². The lowest BCUT2D eigenvalue weighted by atomic mass is 10.1. The van der Waals surface area contributed by atoms with E-state index >= 15 is 0 Å². The highest BCUT2D eigenvalue weighted by molar-refractivity contribution is 14.0. The number of amides is 1. The van der Waals surface area contributed by atoms with Crippen LogP contribution in [-0.4, -0.2) is 86.2 Å². The SMILES string of the molecule is CCOC(=O)N1CCN(C(=NC)NCC(c2ccco2)N2CCCCC2)CC1.I. The first-order chi connectivity index (χ1) is 13.7. The number of carbonyl (C=O) groups is 1. The summed E-state index contributed by atoms with van der Waals surface area (Å²) in [5, 5.41) is 3.53. The van der Waals surface area contributed by atoms with Gasteiger partial charge >= 0.3 is 6.09 Å². The summed E-state index contributed by atoms with van der Waals surface area (Å²) < 4.78 is 10.8. The van der Waals surface area contributed by atoms with E-state index in [0.717, 1.165) is 44.4 Å². The Labute approximate surface area is 190 Å². The monoisotopic (exact) mass is 519 g/mol. The first-order valence-electron chi connectivity index (χ1n) is 10.4. The van der Waals surface area contributed by atoms with E-state index in [1.54, 1.807) is 11.2 Å². The molecule has 1 aromatic heterocycles. The summed E-state index contributed by atoms with van der Waals surface area (Å²) in [6, 6.07) is 4.21. The van der Waals surface area contributed by atoms with Crippen molar-refractivity contribution in [3.63, 3.8) is 0 Å². The van der Waals surface area contributed by atoms with E-state index in [-0.39, 0.29) is 36.1 Å². The van der Waals surface area contributed by atoms with Crippen molar-refractivity contribution in [2.45, 2.75) is 32.2 Å². The van der Waals surface area contributed by atoms with Gasteiger partial charge in [0.25, 0.3) is 0 Å². The number of carbonyl (C=O) groups excluding carboxylic acids is 1. The van der Waals surface area contributed by atoms with E-state index in [2.05, 4.69) is 26.2 Å². The van der Waals surface area contributed by atoms with Crippen molar-refractivity contribution < 1.29 is 13.9 Å². The number of ether oxygens (including phenoxy) is 1. The van der Waals surface area contributed by atoms with Gasteiger partial charge in [-0.05, 0) is 45.0 Å². The minimum Gasteiger partial charge on any atom is -0.468 e. The van der Waals surface area contributed by atoms with Gasteiger partial charge in [-0.25, -0.2) is 4.79 Å². The molecule has 1 atom stereocenters. The molecular formula is C20H34IN5O3. The molecule has 0 bridgehead atoms. The van der Waals surface area contributed by atoms with Gasteiger partial charge in [0, 0.05) is 39.8 Å². The van der Waals surface area contributed by atoms with Crippen LogP contribution in [0.15, 0.2) is 27.8 Å². The second-order valence-electron chi connectivity index (χ2n) is 7.23. The maximum Gasteiger partial charge on any atom is 0.409 e. The van der Waals surface area contributed by atoms with Crippen LogP contribution >= 0.6 is 24.0 Å². The molecule has 0 spiro atoms. The van der Waals surface area contributed by atoms with Crippen molar-refractivity contribution in [2.75, 3.05) is 59.5 Å². The molecule has 0 aliphatic carbocycles. The first kappa shape index (κ1) is 23.8. The second kappa shape index (κ2) is 12.3. The van der Waals surface area contributed by atoms with Gasteiger partial charge in [-0.3, -0.25) is 9.89 Å². The van der Waals surface area contributed by atoms with Gasteiger partial charge in [0.1, 0.15) is 5.76 Å². The molecule has 2 fully saturated rings. The highest BCUT2D eigenvalue weighted by Crippen LogP contribution is 2.24. The molecular weight excluding hydrogens is 485 g/mol. The first-order valence-corrected chi connectivity index (χ1v) is 10.4. The van der Waals surface area contributed by atoms with Gasteiger partial charge < -0.3 is 24.3 Å². The predicted molar refractivity (Wildman–Crippen MR) is 124 cm³/mol. The number of furan rings is 1. The average Bonchev–Trinajstić information content (AvgIpc) is 3.27. The number of hydrogen-bond acceptors (Lipinski definition) is 5. The Morgan fingerprint density at radius 3 is 2.45 bits per heavy atom. The quantitative estimate of drug-likeness (QED) is 0.367. The van der Waals surface area contributed by atoms with Crippen molar-refractivity contribution in [1.29, 1.82) is 0 Å². The molecule has 0 aromatic carbocycles. The third kappa shape index (κ3) is 6.50. The maximum absolute atomic E-state index is 11.9. The normalized spacial score (nSPS) is 19.4. The molecule has 1 unspecified atom stereocenters. The van der Waals surface area contributed by atoms with Gasteiger partial charge in [0.15, 0.2) is 5.96 Å². The summed E-state index contributed by atoms with van der Waals surface area (Å²) in [6.07, 6.45) is 5.30. The van der Waals surface area contributed by atoms with Crippen LogP contribution in [0.4, 0.5) is 4.79 Å². The minimum atomic E-state index is -0.229. The molecule has 29 heavy (non-hydrogen) atoms. The molecule has 1 N–H and O–H groups in total. The number of rotatable bonds is 5. The zero-order valence-corrected chi connectivity index (χ0v) is 19.8. The number of piperidine rings is 1. The highest BCUT2D eigenvalue weighted by atomic mass is 127. The Hall–Kier alpha value is -1.49. The highest BCUT2D eigenvalue weighted by Gasteiger charge is 2.27. The Morgan fingerprint density at radius 1 is 1.17 bits per heavy atom. The third-order valence-electron chi connectivity index (χ3n) is 5.47. The van der Waals surface area contributed by atoms with Crippen molar-refractivity contribution in [3.05, 3.63) is 24.2 Å². The topological polar surface area (TPSA) is 73.5 Å². The molecule has 3 rings (SSSR count). The molecule has 2 aliphatic rings. The van der Waals surface area contributed by atoms with E-state index in [4.69, 9.17) is 9.15 Å².